The van der Waals surface area contributed by atoms with Crippen LogP contribution in [-0.2, 0) is 42.8 Å². The molecule has 0 aliphatic rings. The third kappa shape index (κ3) is 15.5. The van der Waals surface area contributed by atoms with Crippen LogP contribution in [0.1, 0.15) is 171 Å². The molecule has 60 heavy (non-hydrogen) atoms. The fourth-order valence-corrected chi connectivity index (χ4v) is 14.9. The molecule has 2 aromatic carbocycles. The number of rotatable bonds is 23. The van der Waals surface area contributed by atoms with Crippen LogP contribution in [0.3, 0.4) is 0 Å². The average molecular weight is 912 g/mol. The lowest BCUT2D eigenvalue weighted by molar-refractivity contribution is -0.116. The highest BCUT2D eigenvalue weighted by molar-refractivity contribution is 7.72. The van der Waals surface area contributed by atoms with Gasteiger partial charge >= 0.3 is 15.2 Å². The summed E-state index contributed by atoms with van der Waals surface area (Å²) in [5.41, 5.74) is 4.64. The number of hydrogen-bond acceptors (Lipinski definition) is 9. The van der Waals surface area contributed by atoms with Gasteiger partial charge in [0.1, 0.15) is 11.5 Å². The molecule has 1 N–H and O–H groups in total. The molecule has 0 aliphatic carbocycles. The van der Waals surface area contributed by atoms with Crippen LogP contribution < -0.4 is 14.2 Å². The van der Waals surface area contributed by atoms with E-state index in [1.54, 1.807) is 55.4 Å². The Morgan fingerprint density at radius 1 is 0.650 bits per heavy atom. The van der Waals surface area contributed by atoms with Crippen LogP contribution in [0.25, 0.3) is 0 Å². The standard InChI is InChI=1S/C46H83NO9P2Si2/c1-21-35(37-24-23-34(45(11,12)13)29-40(37)55-59(17)18)36(22-2)38-25-26-39(46(14,15)16)43(44(38)56-60(19)20)47-41(48)27-28-42(57(49,51-30(3)4)52-31(5)6)58(50,53-32(7)8)54-33(9)10/h23-26,29-33,35-36,42,59-60H,21-22,27-28H2,1-20H3,(H,47,48). The average Bonchev–Trinajstić information content (AvgIpc) is 3.05. The Kier molecular flexibility index (Phi) is 20.6. The molecule has 0 spiro atoms. The number of carbonyl (C=O) groups excluding carboxylic acids is 1. The van der Waals surface area contributed by atoms with E-state index < -0.39 is 63.1 Å². The van der Waals surface area contributed by atoms with E-state index in [-0.39, 0.29) is 41.4 Å². The third-order valence-electron chi connectivity index (χ3n) is 9.81. The van der Waals surface area contributed by atoms with Gasteiger partial charge in [-0.15, -0.1) is 0 Å². The molecule has 10 nitrogen and oxygen atoms in total. The van der Waals surface area contributed by atoms with Gasteiger partial charge in [0.05, 0.1) is 30.1 Å². The van der Waals surface area contributed by atoms with Crippen molar-refractivity contribution in [2.45, 2.75) is 215 Å². The quantitative estimate of drug-likeness (QED) is 0.0858. The number of nitrogens with one attached hydrogen (secondary N) is 1. The molecule has 0 heterocycles. The van der Waals surface area contributed by atoms with Crippen molar-refractivity contribution in [2.75, 3.05) is 5.32 Å². The maximum atomic E-state index is 14.9. The normalized spacial score (nSPS) is 14.3. The van der Waals surface area contributed by atoms with Crippen molar-refractivity contribution in [3.8, 4) is 11.5 Å². The Bertz CT molecular complexity index is 1720. The largest absolute Gasteiger partial charge is 0.547 e. The molecule has 0 saturated carbocycles. The van der Waals surface area contributed by atoms with Crippen LogP contribution >= 0.6 is 15.2 Å². The van der Waals surface area contributed by atoms with Crippen LogP contribution in [0.2, 0.25) is 26.2 Å². The Balaban J connectivity index is 2.87. The molecule has 0 bridgehead atoms. The van der Waals surface area contributed by atoms with Gasteiger partial charge in [0, 0.05) is 6.42 Å². The summed E-state index contributed by atoms with van der Waals surface area (Å²) < 4.78 is 67.4. The molecule has 2 rings (SSSR count). The SMILES string of the molecule is CCC(c1ccc(C(C)(C)C)cc1O[SiH](C)C)C(CC)c1ccc(C(C)(C)C)c(NC(=O)CCC(P(=O)(OC(C)C)OC(C)C)P(=O)(OC(C)C)OC(C)C)c1O[SiH](C)C. The van der Waals surface area contributed by atoms with Crippen molar-refractivity contribution in [1.82, 2.24) is 0 Å². The lowest BCUT2D eigenvalue weighted by atomic mass is 9.75. The lowest BCUT2D eigenvalue weighted by Crippen LogP contribution is -2.26. The summed E-state index contributed by atoms with van der Waals surface area (Å²) in [6, 6.07) is 11.1. The number of benzene rings is 2. The fraction of sp³-hybridized carbons (Fsp3) is 0.717. The van der Waals surface area contributed by atoms with Gasteiger partial charge in [-0.1, -0.05) is 79.7 Å². The van der Waals surface area contributed by atoms with Gasteiger partial charge in [-0.3, -0.25) is 13.9 Å². The van der Waals surface area contributed by atoms with Crippen LogP contribution in [0.15, 0.2) is 30.3 Å². The van der Waals surface area contributed by atoms with Crippen molar-refractivity contribution < 1.29 is 40.9 Å². The molecular weight excluding hydrogens is 829 g/mol. The Morgan fingerprint density at radius 3 is 1.47 bits per heavy atom. The number of hydrogen-bond donors (Lipinski definition) is 1. The van der Waals surface area contributed by atoms with E-state index in [1.807, 2.05) is 0 Å². The zero-order chi connectivity index (χ0) is 46.1. The highest BCUT2D eigenvalue weighted by atomic mass is 31.2. The summed E-state index contributed by atoms with van der Waals surface area (Å²) >= 11 is 0. The molecule has 344 valence electrons. The van der Waals surface area contributed by atoms with Gasteiger partial charge in [0.15, 0.2) is 5.40 Å². The van der Waals surface area contributed by atoms with E-state index in [0.29, 0.717) is 11.4 Å². The van der Waals surface area contributed by atoms with Crippen LogP contribution in [0, 0.1) is 0 Å². The first-order valence-corrected chi connectivity index (χ1v) is 31.2. The van der Waals surface area contributed by atoms with E-state index in [1.165, 1.54) is 11.1 Å². The second-order valence-electron chi connectivity index (χ2n) is 19.8. The van der Waals surface area contributed by atoms with Gasteiger partial charge < -0.3 is 32.3 Å². The van der Waals surface area contributed by atoms with Crippen molar-refractivity contribution in [3.05, 3.63) is 52.6 Å². The summed E-state index contributed by atoms with van der Waals surface area (Å²) in [6.45, 7) is 40.1. The molecule has 1 amide bonds. The number of anilines is 1. The summed E-state index contributed by atoms with van der Waals surface area (Å²) in [4.78, 5) is 14.5. The van der Waals surface area contributed by atoms with Crippen LogP contribution in [0.5, 0.6) is 11.5 Å². The zero-order valence-electron chi connectivity index (χ0n) is 41.0. The molecular formula is C46H83NO9P2Si2. The first-order valence-electron chi connectivity index (χ1n) is 22.4. The molecule has 0 saturated heterocycles. The van der Waals surface area contributed by atoms with Gasteiger partial charge in [0.2, 0.25) is 24.0 Å². The van der Waals surface area contributed by atoms with E-state index in [9.17, 15) is 13.9 Å². The van der Waals surface area contributed by atoms with E-state index in [4.69, 9.17) is 26.9 Å². The van der Waals surface area contributed by atoms with Crippen molar-refractivity contribution in [3.63, 3.8) is 0 Å². The van der Waals surface area contributed by atoms with Crippen LogP contribution in [0.4, 0.5) is 5.69 Å². The van der Waals surface area contributed by atoms with Crippen molar-refractivity contribution in [1.29, 1.82) is 0 Å². The van der Waals surface area contributed by atoms with E-state index in [0.717, 1.165) is 29.7 Å². The minimum absolute atomic E-state index is 0.0282. The molecule has 2 unspecified atom stereocenters. The lowest BCUT2D eigenvalue weighted by Gasteiger charge is -2.35. The minimum atomic E-state index is -4.19. The summed E-state index contributed by atoms with van der Waals surface area (Å²) in [7, 11) is -11.6. The predicted molar refractivity (Wildman–Crippen MR) is 257 cm³/mol. The molecule has 0 aromatic heterocycles. The highest BCUT2D eigenvalue weighted by Gasteiger charge is 2.53. The number of carbonyl (C=O) groups is 1. The minimum Gasteiger partial charge on any atom is -0.547 e. The Morgan fingerprint density at radius 2 is 1.08 bits per heavy atom. The molecule has 2 atom stereocenters. The Hall–Kier alpha value is -1.76. The topological polar surface area (TPSA) is 119 Å². The smallest absolute Gasteiger partial charge is 0.346 e. The molecule has 14 heteroatoms. The first-order chi connectivity index (χ1) is 27.5. The summed E-state index contributed by atoms with van der Waals surface area (Å²) in [5.74, 6) is 1.46. The fourth-order valence-electron chi connectivity index (χ4n) is 7.57. The highest BCUT2D eigenvalue weighted by Crippen LogP contribution is 2.73. The van der Waals surface area contributed by atoms with Gasteiger partial charge in [-0.05, 0) is 152 Å². The summed E-state index contributed by atoms with van der Waals surface area (Å²) in [6.07, 6.45) is -0.704. The van der Waals surface area contributed by atoms with Crippen molar-refractivity contribution in [2.24, 2.45) is 0 Å². The van der Waals surface area contributed by atoms with Gasteiger partial charge in [0.25, 0.3) is 0 Å². The molecule has 0 fully saturated rings. The molecule has 0 aliphatic heterocycles. The second kappa shape index (κ2) is 22.7. The van der Waals surface area contributed by atoms with E-state index >= 15 is 0 Å². The Labute approximate surface area is 368 Å². The zero-order valence-corrected chi connectivity index (χ0v) is 45.1. The maximum Gasteiger partial charge on any atom is 0.346 e. The van der Waals surface area contributed by atoms with Crippen LogP contribution in [-0.4, -0.2) is 53.8 Å². The van der Waals surface area contributed by atoms with Gasteiger partial charge in [-0.25, -0.2) is 0 Å². The second-order valence-corrected chi connectivity index (χ2v) is 29.1. The number of amides is 1. The molecule has 0 radical (unpaired) electrons. The molecule has 2 aromatic rings. The van der Waals surface area contributed by atoms with E-state index in [2.05, 4.69) is 117 Å². The summed E-state index contributed by atoms with van der Waals surface area (Å²) in [5, 5.41) is 1.93. The predicted octanol–water partition coefficient (Wildman–Crippen LogP) is 13.8. The third-order valence-corrected chi connectivity index (χ3v) is 17.8. The maximum absolute atomic E-state index is 14.9. The monoisotopic (exact) mass is 912 g/mol. The first kappa shape index (κ1) is 54.4. The van der Waals surface area contributed by atoms with Crippen molar-refractivity contribution >= 4 is 44.9 Å². The van der Waals surface area contributed by atoms with Gasteiger partial charge in [-0.2, -0.15) is 0 Å².